The number of carbonyl (C=O) groups excluding carboxylic acids is 1. The highest BCUT2D eigenvalue weighted by Gasteiger charge is 2.08. The highest BCUT2D eigenvalue weighted by Crippen LogP contribution is 2.16. The SMILES string of the molecule is CCC(CCl)NC(=O)CSc1ccccc1. The van der Waals surface area contributed by atoms with E-state index in [9.17, 15) is 4.79 Å². The molecule has 0 heterocycles. The molecule has 1 aromatic carbocycles. The fourth-order valence-electron chi connectivity index (χ4n) is 1.18. The van der Waals surface area contributed by atoms with Gasteiger partial charge in [0, 0.05) is 16.8 Å². The Kier molecular flexibility index (Phi) is 6.34. The number of thioether (sulfide) groups is 1. The molecule has 1 N–H and O–H groups in total. The molecule has 1 unspecified atom stereocenters. The van der Waals surface area contributed by atoms with Crippen LogP contribution in [-0.4, -0.2) is 23.6 Å². The van der Waals surface area contributed by atoms with Crippen LogP contribution in [0.25, 0.3) is 0 Å². The number of nitrogens with one attached hydrogen (secondary N) is 1. The van der Waals surface area contributed by atoms with Gasteiger partial charge in [-0.1, -0.05) is 25.1 Å². The number of benzene rings is 1. The third kappa shape index (κ3) is 4.90. The summed E-state index contributed by atoms with van der Waals surface area (Å²) in [6.07, 6.45) is 0.866. The number of hydrogen-bond acceptors (Lipinski definition) is 2. The molecule has 0 fully saturated rings. The standard InChI is InChI=1S/C12H16ClNOS/c1-2-10(8-13)14-12(15)9-16-11-6-4-3-5-7-11/h3-7,10H,2,8-9H2,1H3,(H,14,15). The lowest BCUT2D eigenvalue weighted by Gasteiger charge is -2.13. The fourth-order valence-corrected chi connectivity index (χ4v) is 2.21. The Bertz CT molecular complexity index is 314. The van der Waals surface area contributed by atoms with Crippen LogP contribution in [0.3, 0.4) is 0 Å². The largest absolute Gasteiger partial charge is 0.351 e. The molecule has 16 heavy (non-hydrogen) atoms. The van der Waals surface area contributed by atoms with Crippen molar-refractivity contribution in [2.24, 2.45) is 0 Å². The zero-order valence-electron chi connectivity index (χ0n) is 9.28. The molecule has 0 spiro atoms. The van der Waals surface area contributed by atoms with Gasteiger partial charge in [-0.2, -0.15) is 0 Å². The average molecular weight is 258 g/mol. The molecule has 0 aliphatic rings. The van der Waals surface area contributed by atoms with Crippen LogP contribution < -0.4 is 5.32 Å². The monoisotopic (exact) mass is 257 g/mol. The Hall–Kier alpha value is -0.670. The normalized spacial score (nSPS) is 12.1. The van der Waals surface area contributed by atoms with Crippen molar-refractivity contribution in [3.05, 3.63) is 30.3 Å². The first-order valence-electron chi connectivity index (χ1n) is 5.29. The van der Waals surface area contributed by atoms with Crippen LogP contribution in [0.5, 0.6) is 0 Å². The van der Waals surface area contributed by atoms with Gasteiger partial charge >= 0.3 is 0 Å². The smallest absolute Gasteiger partial charge is 0.230 e. The van der Waals surface area contributed by atoms with E-state index in [4.69, 9.17) is 11.6 Å². The summed E-state index contributed by atoms with van der Waals surface area (Å²) in [6, 6.07) is 9.98. The average Bonchev–Trinajstić information content (AvgIpc) is 2.34. The zero-order chi connectivity index (χ0) is 11.8. The summed E-state index contributed by atoms with van der Waals surface area (Å²) in [6.45, 7) is 2.01. The minimum Gasteiger partial charge on any atom is -0.351 e. The molecule has 1 aromatic rings. The van der Waals surface area contributed by atoms with Gasteiger partial charge in [0.15, 0.2) is 0 Å². The Labute approximate surface area is 106 Å². The first-order chi connectivity index (χ1) is 7.76. The quantitative estimate of drug-likeness (QED) is 0.627. The van der Waals surface area contributed by atoms with E-state index >= 15 is 0 Å². The van der Waals surface area contributed by atoms with E-state index < -0.39 is 0 Å². The molecular formula is C12H16ClNOS. The molecule has 1 amide bonds. The van der Waals surface area contributed by atoms with Gasteiger partial charge < -0.3 is 5.32 Å². The lowest BCUT2D eigenvalue weighted by Crippen LogP contribution is -2.36. The van der Waals surface area contributed by atoms with Gasteiger partial charge in [0.2, 0.25) is 5.91 Å². The van der Waals surface area contributed by atoms with Gasteiger partial charge in [-0.05, 0) is 18.6 Å². The summed E-state index contributed by atoms with van der Waals surface area (Å²) in [5.41, 5.74) is 0. The van der Waals surface area contributed by atoms with E-state index in [0.29, 0.717) is 11.6 Å². The third-order valence-electron chi connectivity index (χ3n) is 2.16. The van der Waals surface area contributed by atoms with Crippen molar-refractivity contribution in [3.8, 4) is 0 Å². The minimum atomic E-state index is 0.0429. The van der Waals surface area contributed by atoms with E-state index in [1.807, 2.05) is 37.3 Å². The lowest BCUT2D eigenvalue weighted by atomic mass is 10.2. The van der Waals surface area contributed by atoms with Crippen LogP contribution in [-0.2, 0) is 4.79 Å². The van der Waals surface area contributed by atoms with Crippen LogP contribution in [0.15, 0.2) is 35.2 Å². The summed E-state index contributed by atoms with van der Waals surface area (Å²) in [7, 11) is 0. The molecular weight excluding hydrogens is 242 g/mol. The Balaban J connectivity index is 2.30. The van der Waals surface area contributed by atoms with Crippen LogP contribution >= 0.6 is 23.4 Å². The number of carbonyl (C=O) groups is 1. The van der Waals surface area contributed by atoms with Gasteiger partial charge in [0.25, 0.3) is 0 Å². The van der Waals surface area contributed by atoms with E-state index in [1.54, 1.807) is 0 Å². The summed E-state index contributed by atoms with van der Waals surface area (Å²) < 4.78 is 0. The topological polar surface area (TPSA) is 29.1 Å². The molecule has 0 radical (unpaired) electrons. The number of alkyl halides is 1. The van der Waals surface area contributed by atoms with Gasteiger partial charge in [-0.25, -0.2) is 0 Å². The van der Waals surface area contributed by atoms with E-state index in [1.165, 1.54) is 11.8 Å². The second-order valence-corrected chi connectivity index (χ2v) is 4.79. The van der Waals surface area contributed by atoms with Gasteiger partial charge in [-0.15, -0.1) is 23.4 Å². The number of hydrogen-bond donors (Lipinski definition) is 1. The summed E-state index contributed by atoms with van der Waals surface area (Å²) in [5, 5.41) is 2.89. The molecule has 0 saturated carbocycles. The molecule has 4 heteroatoms. The predicted octanol–water partition coefficient (Wildman–Crippen LogP) is 2.91. The number of rotatable bonds is 6. The minimum absolute atomic E-state index is 0.0429. The first-order valence-corrected chi connectivity index (χ1v) is 6.81. The van der Waals surface area contributed by atoms with Crippen LogP contribution in [0.1, 0.15) is 13.3 Å². The van der Waals surface area contributed by atoms with Gasteiger partial charge in [0.1, 0.15) is 0 Å². The van der Waals surface area contributed by atoms with Crippen molar-refractivity contribution in [2.45, 2.75) is 24.3 Å². The zero-order valence-corrected chi connectivity index (χ0v) is 10.9. The van der Waals surface area contributed by atoms with E-state index in [-0.39, 0.29) is 11.9 Å². The second-order valence-electron chi connectivity index (χ2n) is 3.43. The van der Waals surface area contributed by atoms with E-state index in [0.717, 1.165) is 11.3 Å². The highest BCUT2D eigenvalue weighted by molar-refractivity contribution is 8.00. The molecule has 1 atom stereocenters. The summed E-state index contributed by atoms with van der Waals surface area (Å²) >= 11 is 7.24. The van der Waals surface area contributed by atoms with Gasteiger partial charge in [0.05, 0.1) is 5.75 Å². The van der Waals surface area contributed by atoms with Crippen molar-refractivity contribution >= 4 is 29.3 Å². The van der Waals surface area contributed by atoms with Crippen LogP contribution in [0.4, 0.5) is 0 Å². The van der Waals surface area contributed by atoms with Crippen molar-refractivity contribution in [3.63, 3.8) is 0 Å². The maximum atomic E-state index is 11.6. The van der Waals surface area contributed by atoms with Crippen molar-refractivity contribution in [1.82, 2.24) is 5.32 Å². The first kappa shape index (κ1) is 13.4. The maximum Gasteiger partial charge on any atom is 0.230 e. The van der Waals surface area contributed by atoms with Crippen molar-refractivity contribution in [2.75, 3.05) is 11.6 Å². The third-order valence-corrected chi connectivity index (χ3v) is 3.54. The summed E-state index contributed by atoms with van der Waals surface area (Å²) in [5.74, 6) is 0.955. The van der Waals surface area contributed by atoms with Crippen molar-refractivity contribution in [1.29, 1.82) is 0 Å². The molecule has 2 nitrogen and oxygen atoms in total. The fraction of sp³-hybridized carbons (Fsp3) is 0.417. The Morgan fingerprint density at radius 1 is 1.44 bits per heavy atom. The Morgan fingerprint density at radius 2 is 2.12 bits per heavy atom. The molecule has 0 bridgehead atoms. The molecule has 1 rings (SSSR count). The maximum absolute atomic E-state index is 11.6. The second kappa shape index (κ2) is 7.58. The van der Waals surface area contributed by atoms with Crippen LogP contribution in [0, 0.1) is 0 Å². The molecule has 0 saturated heterocycles. The van der Waals surface area contributed by atoms with E-state index in [2.05, 4.69) is 5.32 Å². The van der Waals surface area contributed by atoms with Crippen molar-refractivity contribution < 1.29 is 4.79 Å². The lowest BCUT2D eigenvalue weighted by molar-refractivity contribution is -0.119. The molecule has 0 aromatic heterocycles. The highest BCUT2D eigenvalue weighted by atomic mass is 35.5. The number of halogens is 1. The summed E-state index contributed by atoms with van der Waals surface area (Å²) in [4.78, 5) is 12.7. The molecule has 0 aliphatic carbocycles. The Morgan fingerprint density at radius 3 is 2.69 bits per heavy atom. The predicted molar refractivity (Wildman–Crippen MR) is 70.1 cm³/mol. The molecule has 88 valence electrons. The van der Waals surface area contributed by atoms with Gasteiger partial charge in [-0.3, -0.25) is 4.79 Å². The number of amides is 1. The molecule has 0 aliphatic heterocycles. The van der Waals surface area contributed by atoms with Crippen LogP contribution in [0.2, 0.25) is 0 Å².